The molecule has 3 unspecified atom stereocenters. The number of nitrogens with zero attached hydrogens (tertiary/aromatic N) is 1. The van der Waals surface area contributed by atoms with Crippen LogP contribution in [-0.4, -0.2) is 34.3 Å². The Balaban J connectivity index is 2.84. The summed E-state index contributed by atoms with van der Waals surface area (Å²) in [6.07, 6.45) is 0. The summed E-state index contributed by atoms with van der Waals surface area (Å²) in [5.74, 6) is -2.97. The summed E-state index contributed by atoms with van der Waals surface area (Å²) in [7, 11) is 0. The molecule has 1 rings (SSSR count). The summed E-state index contributed by atoms with van der Waals surface area (Å²) in [6.45, 7) is 6.94. The Labute approximate surface area is 101 Å². The molecular formula is C12H19NO4. The van der Waals surface area contributed by atoms with Crippen LogP contribution in [0.25, 0.3) is 0 Å². The SMILES string of the molecule is CC(C)C(CN1C(=O)C(C)C(C)C1=O)C(=O)O. The number of amides is 2. The van der Waals surface area contributed by atoms with E-state index in [1.807, 2.05) is 0 Å². The Morgan fingerprint density at radius 1 is 1.24 bits per heavy atom. The molecule has 0 aromatic heterocycles. The maximum atomic E-state index is 11.8. The minimum atomic E-state index is -0.965. The second-order valence-electron chi connectivity index (χ2n) is 5.05. The Morgan fingerprint density at radius 2 is 1.65 bits per heavy atom. The third-order valence-electron chi connectivity index (χ3n) is 3.56. The minimum Gasteiger partial charge on any atom is -0.481 e. The van der Waals surface area contributed by atoms with Gasteiger partial charge < -0.3 is 5.11 Å². The van der Waals surface area contributed by atoms with Crippen LogP contribution in [0, 0.1) is 23.7 Å². The minimum absolute atomic E-state index is 0.0145. The highest BCUT2D eigenvalue weighted by Gasteiger charge is 2.43. The topological polar surface area (TPSA) is 74.7 Å². The second-order valence-corrected chi connectivity index (χ2v) is 5.05. The number of carboxylic acids is 1. The van der Waals surface area contributed by atoms with Gasteiger partial charge in [-0.15, -0.1) is 0 Å². The fourth-order valence-electron chi connectivity index (χ4n) is 1.98. The van der Waals surface area contributed by atoms with E-state index in [0.717, 1.165) is 4.90 Å². The average molecular weight is 241 g/mol. The highest BCUT2D eigenvalue weighted by atomic mass is 16.4. The van der Waals surface area contributed by atoms with Gasteiger partial charge in [0.25, 0.3) is 0 Å². The smallest absolute Gasteiger partial charge is 0.308 e. The first kappa shape index (κ1) is 13.7. The highest BCUT2D eigenvalue weighted by molar-refractivity contribution is 6.04. The van der Waals surface area contributed by atoms with Gasteiger partial charge in [-0.1, -0.05) is 27.7 Å². The second kappa shape index (κ2) is 4.85. The van der Waals surface area contributed by atoms with E-state index in [0.29, 0.717) is 0 Å². The molecule has 5 heteroatoms. The molecule has 1 fully saturated rings. The van der Waals surface area contributed by atoms with E-state index in [4.69, 9.17) is 5.11 Å². The number of hydrogen-bond acceptors (Lipinski definition) is 3. The maximum Gasteiger partial charge on any atom is 0.308 e. The lowest BCUT2D eigenvalue weighted by Crippen LogP contribution is -2.39. The van der Waals surface area contributed by atoms with Crippen molar-refractivity contribution in [3.05, 3.63) is 0 Å². The van der Waals surface area contributed by atoms with Crippen molar-refractivity contribution in [2.24, 2.45) is 23.7 Å². The normalized spacial score (nSPS) is 26.8. The summed E-state index contributed by atoms with van der Waals surface area (Å²) in [6, 6.07) is 0. The first-order chi connectivity index (χ1) is 7.77. The zero-order valence-corrected chi connectivity index (χ0v) is 10.6. The number of carbonyl (C=O) groups is 3. The number of hydrogen-bond donors (Lipinski definition) is 1. The van der Waals surface area contributed by atoms with Crippen molar-refractivity contribution in [3.63, 3.8) is 0 Å². The summed E-state index contributed by atoms with van der Waals surface area (Å²) in [4.78, 5) is 35.8. The third-order valence-corrected chi connectivity index (χ3v) is 3.56. The van der Waals surface area contributed by atoms with Gasteiger partial charge in [-0.3, -0.25) is 19.3 Å². The lowest BCUT2D eigenvalue weighted by Gasteiger charge is -2.22. The van der Waals surface area contributed by atoms with Crippen molar-refractivity contribution in [2.75, 3.05) is 6.54 Å². The van der Waals surface area contributed by atoms with E-state index in [1.54, 1.807) is 27.7 Å². The van der Waals surface area contributed by atoms with Crippen LogP contribution in [0.4, 0.5) is 0 Å². The zero-order valence-electron chi connectivity index (χ0n) is 10.6. The number of aliphatic carboxylic acids is 1. The number of carbonyl (C=O) groups excluding carboxylic acids is 2. The molecular weight excluding hydrogens is 222 g/mol. The van der Waals surface area contributed by atoms with E-state index < -0.39 is 11.9 Å². The third kappa shape index (κ3) is 2.48. The van der Waals surface area contributed by atoms with E-state index in [2.05, 4.69) is 0 Å². The number of rotatable bonds is 4. The highest BCUT2D eigenvalue weighted by Crippen LogP contribution is 2.27. The van der Waals surface area contributed by atoms with Crippen LogP contribution in [0.2, 0.25) is 0 Å². The number of likely N-dealkylation sites (tertiary alicyclic amines) is 1. The lowest BCUT2D eigenvalue weighted by atomic mass is 9.95. The fraction of sp³-hybridized carbons (Fsp3) is 0.750. The molecule has 0 aliphatic carbocycles. The molecule has 1 aliphatic heterocycles. The van der Waals surface area contributed by atoms with E-state index in [1.165, 1.54) is 0 Å². The van der Waals surface area contributed by atoms with E-state index in [-0.39, 0.29) is 36.1 Å². The summed E-state index contributed by atoms with van der Waals surface area (Å²) < 4.78 is 0. The van der Waals surface area contributed by atoms with Crippen LogP contribution < -0.4 is 0 Å². The number of carboxylic acid groups (broad SMARTS) is 1. The van der Waals surface area contributed by atoms with Gasteiger partial charge in [-0.05, 0) is 5.92 Å². The van der Waals surface area contributed by atoms with Crippen molar-refractivity contribution in [3.8, 4) is 0 Å². The standard InChI is InChI=1S/C12H19NO4/c1-6(2)9(12(16)17)5-13-10(14)7(3)8(4)11(13)15/h6-9H,5H2,1-4H3,(H,16,17). The molecule has 3 atom stereocenters. The lowest BCUT2D eigenvalue weighted by molar-refractivity contribution is -0.147. The van der Waals surface area contributed by atoms with Gasteiger partial charge in [-0.25, -0.2) is 0 Å². The first-order valence-corrected chi connectivity index (χ1v) is 5.85. The van der Waals surface area contributed by atoms with E-state index >= 15 is 0 Å². The van der Waals surface area contributed by atoms with Crippen LogP contribution in [0.5, 0.6) is 0 Å². The number of imide groups is 1. The molecule has 0 aromatic rings. The molecule has 1 N–H and O–H groups in total. The molecule has 0 radical (unpaired) electrons. The van der Waals surface area contributed by atoms with Gasteiger partial charge in [0.1, 0.15) is 0 Å². The van der Waals surface area contributed by atoms with Crippen molar-refractivity contribution in [1.29, 1.82) is 0 Å². The molecule has 0 spiro atoms. The Kier molecular flexibility index (Phi) is 3.91. The van der Waals surface area contributed by atoms with Gasteiger partial charge in [0.2, 0.25) is 11.8 Å². The quantitative estimate of drug-likeness (QED) is 0.745. The maximum absolute atomic E-state index is 11.8. The van der Waals surface area contributed by atoms with Gasteiger partial charge in [0.15, 0.2) is 0 Å². The van der Waals surface area contributed by atoms with Crippen LogP contribution in [0.15, 0.2) is 0 Å². The molecule has 1 aliphatic rings. The Hall–Kier alpha value is -1.39. The van der Waals surface area contributed by atoms with Gasteiger partial charge >= 0.3 is 5.97 Å². The molecule has 1 heterocycles. The van der Waals surface area contributed by atoms with Crippen molar-refractivity contribution in [1.82, 2.24) is 4.90 Å². The average Bonchev–Trinajstić information content (AvgIpc) is 2.41. The van der Waals surface area contributed by atoms with Gasteiger partial charge in [0, 0.05) is 18.4 Å². The fourth-order valence-corrected chi connectivity index (χ4v) is 1.98. The van der Waals surface area contributed by atoms with Crippen LogP contribution >= 0.6 is 0 Å². The summed E-state index contributed by atoms with van der Waals surface area (Å²) >= 11 is 0. The zero-order chi connectivity index (χ0) is 13.3. The molecule has 96 valence electrons. The largest absolute Gasteiger partial charge is 0.481 e. The molecule has 17 heavy (non-hydrogen) atoms. The van der Waals surface area contributed by atoms with Gasteiger partial charge in [0.05, 0.1) is 5.92 Å². The van der Waals surface area contributed by atoms with Crippen molar-refractivity contribution >= 4 is 17.8 Å². The molecule has 2 amide bonds. The van der Waals surface area contributed by atoms with Crippen molar-refractivity contribution in [2.45, 2.75) is 27.7 Å². The Bertz CT molecular complexity index is 330. The van der Waals surface area contributed by atoms with Crippen molar-refractivity contribution < 1.29 is 19.5 Å². The summed E-state index contributed by atoms with van der Waals surface area (Å²) in [5.41, 5.74) is 0. The molecule has 0 bridgehead atoms. The predicted molar refractivity (Wildman–Crippen MR) is 61.0 cm³/mol. The van der Waals surface area contributed by atoms with E-state index in [9.17, 15) is 14.4 Å². The van der Waals surface area contributed by atoms with Crippen LogP contribution in [0.1, 0.15) is 27.7 Å². The van der Waals surface area contributed by atoms with Crippen LogP contribution in [0.3, 0.4) is 0 Å². The summed E-state index contributed by atoms with van der Waals surface area (Å²) in [5, 5.41) is 9.06. The monoisotopic (exact) mass is 241 g/mol. The molecule has 0 saturated carbocycles. The predicted octanol–water partition coefficient (Wildman–Crippen LogP) is 0.984. The first-order valence-electron chi connectivity index (χ1n) is 5.85. The van der Waals surface area contributed by atoms with Gasteiger partial charge in [-0.2, -0.15) is 0 Å². The molecule has 5 nitrogen and oxygen atoms in total. The molecule has 1 saturated heterocycles. The van der Waals surface area contributed by atoms with Crippen LogP contribution in [-0.2, 0) is 14.4 Å². The Morgan fingerprint density at radius 3 is 1.94 bits per heavy atom. The molecule has 0 aromatic carbocycles.